The van der Waals surface area contributed by atoms with Crippen LogP contribution in [0.15, 0.2) is 12.7 Å². The molecule has 0 aliphatic rings. The van der Waals surface area contributed by atoms with Gasteiger partial charge in [0.15, 0.2) is 0 Å². The average molecular weight is 177 g/mol. The largest absolute Gasteiger partial charge is 0.228 e. The van der Waals surface area contributed by atoms with Gasteiger partial charge in [0.2, 0.25) is 10.0 Å². The number of hydrogen-bond donors (Lipinski definition) is 1. The van der Waals surface area contributed by atoms with Crippen molar-refractivity contribution in [3.63, 3.8) is 0 Å². The zero-order valence-electron chi connectivity index (χ0n) is 6.79. The number of sulfonamides is 1. The Morgan fingerprint density at radius 3 is 2.45 bits per heavy atom. The summed E-state index contributed by atoms with van der Waals surface area (Å²) in [6.45, 7) is 5.33. The van der Waals surface area contributed by atoms with E-state index in [0.717, 1.165) is 0 Å². The van der Waals surface area contributed by atoms with Crippen LogP contribution in [-0.4, -0.2) is 13.7 Å². The minimum absolute atomic E-state index is 0.402. The Kier molecular flexibility index (Phi) is 4.37. The highest BCUT2D eigenvalue weighted by Gasteiger charge is 2.17. The first kappa shape index (κ1) is 10.7. The summed E-state index contributed by atoms with van der Waals surface area (Å²) in [4.78, 5) is 0. The predicted octanol–water partition coefficient (Wildman–Crippen LogP) is 1.02. The van der Waals surface area contributed by atoms with Gasteiger partial charge in [-0.25, -0.2) is 13.6 Å². The lowest BCUT2D eigenvalue weighted by Gasteiger charge is -2.09. The lowest BCUT2D eigenvalue weighted by atomic mass is 10.2. The zero-order chi connectivity index (χ0) is 8.91. The van der Waals surface area contributed by atoms with Crippen molar-refractivity contribution in [1.29, 1.82) is 0 Å². The topological polar surface area (TPSA) is 60.2 Å². The minimum Gasteiger partial charge on any atom is -0.228 e. The molecule has 0 aromatic carbocycles. The van der Waals surface area contributed by atoms with Crippen LogP contribution in [-0.2, 0) is 10.0 Å². The molecular weight excluding hydrogens is 162 g/mol. The molecule has 0 fully saturated rings. The fourth-order valence-corrected chi connectivity index (χ4v) is 1.83. The number of allylic oxidation sites excluding steroid dienone is 1. The molecule has 11 heavy (non-hydrogen) atoms. The molecule has 3 nitrogen and oxygen atoms in total. The monoisotopic (exact) mass is 177 g/mol. The van der Waals surface area contributed by atoms with Gasteiger partial charge in [0.1, 0.15) is 0 Å². The number of hydrogen-bond acceptors (Lipinski definition) is 2. The van der Waals surface area contributed by atoms with Crippen molar-refractivity contribution < 1.29 is 8.42 Å². The summed E-state index contributed by atoms with van der Waals surface area (Å²) in [6, 6.07) is 0. The van der Waals surface area contributed by atoms with Crippen LogP contribution in [0.1, 0.15) is 26.2 Å². The van der Waals surface area contributed by atoms with Crippen LogP contribution in [0.5, 0.6) is 0 Å². The number of nitrogens with two attached hydrogens (primary N) is 1. The Hall–Kier alpha value is -0.350. The first-order valence-corrected chi connectivity index (χ1v) is 5.25. The summed E-state index contributed by atoms with van der Waals surface area (Å²) in [5.74, 6) is 0. The highest BCUT2D eigenvalue weighted by Crippen LogP contribution is 2.09. The van der Waals surface area contributed by atoms with Gasteiger partial charge in [0, 0.05) is 0 Å². The molecule has 4 heteroatoms. The molecule has 1 atom stereocenters. The van der Waals surface area contributed by atoms with E-state index in [9.17, 15) is 8.42 Å². The maximum Gasteiger partial charge on any atom is 0.211 e. The molecule has 1 unspecified atom stereocenters. The van der Waals surface area contributed by atoms with Gasteiger partial charge in [-0.3, -0.25) is 0 Å². The molecular formula is C7H15NO2S. The summed E-state index contributed by atoms with van der Waals surface area (Å²) >= 11 is 0. The molecule has 0 spiro atoms. The second-order valence-corrected chi connectivity index (χ2v) is 4.33. The highest BCUT2D eigenvalue weighted by atomic mass is 32.2. The van der Waals surface area contributed by atoms with Crippen LogP contribution >= 0.6 is 0 Å². The molecule has 0 saturated heterocycles. The van der Waals surface area contributed by atoms with Crippen LogP contribution < -0.4 is 5.14 Å². The van der Waals surface area contributed by atoms with Gasteiger partial charge in [-0.05, 0) is 19.3 Å². The van der Waals surface area contributed by atoms with Gasteiger partial charge in [-0.15, -0.1) is 6.58 Å². The van der Waals surface area contributed by atoms with E-state index in [2.05, 4.69) is 6.58 Å². The molecule has 0 aliphatic heterocycles. The van der Waals surface area contributed by atoms with E-state index in [4.69, 9.17) is 5.14 Å². The SMILES string of the molecule is C=CCCC(CC)S(N)(=O)=O. The van der Waals surface area contributed by atoms with Crippen LogP contribution in [0.3, 0.4) is 0 Å². The van der Waals surface area contributed by atoms with Crippen molar-refractivity contribution in [1.82, 2.24) is 0 Å². The van der Waals surface area contributed by atoms with Crippen molar-refractivity contribution in [2.24, 2.45) is 5.14 Å². The Labute approximate surface area is 68.3 Å². The van der Waals surface area contributed by atoms with Crippen LogP contribution in [0.4, 0.5) is 0 Å². The second kappa shape index (κ2) is 4.51. The molecule has 0 saturated carbocycles. The van der Waals surface area contributed by atoms with Gasteiger partial charge in [-0.2, -0.15) is 0 Å². The maximum absolute atomic E-state index is 10.8. The van der Waals surface area contributed by atoms with Crippen LogP contribution in [0.25, 0.3) is 0 Å². The van der Waals surface area contributed by atoms with E-state index in [1.807, 2.05) is 6.92 Å². The van der Waals surface area contributed by atoms with E-state index in [-0.39, 0.29) is 0 Å². The van der Waals surface area contributed by atoms with Crippen molar-refractivity contribution in [3.05, 3.63) is 12.7 Å². The Balaban J connectivity index is 4.07. The molecule has 0 radical (unpaired) electrons. The summed E-state index contributed by atoms with van der Waals surface area (Å²) in [7, 11) is -3.33. The average Bonchev–Trinajstić information content (AvgIpc) is 1.87. The smallest absolute Gasteiger partial charge is 0.211 e. The Morgan fingerprint density at radius 2 is 2.18 bits per heavy atom. The van der Waals surface area contributed by atoms with Gasteiger partial charge >= 0.3 is 0 Å². The first-order valence-electron chi connectivity index (χ1n) is 3.64. The van der Waals surface area contributed by atoms with Crippen LogP contribution in [0, 0.1) is 0 Å². The number of rotatable bonds is 5. The third kappa shape index (κ3) is 4.16. The Morgan fingerprint density at radius 1 is 1.64 bits per heavy atom. The quantitative estimate of drug-likeness (QED) is 0.637. The summed E-state index contributed by atoms with van der Waals surface area (Å²) < 4.78 is 21.6. The maximum atomic E-state index is 10.8. The van der Waals surface area contributed by atoms with Gasteiger partial charge < -0.3 is 0 Å². The summed E-state index contributed by atoms with van der Waals surface area (Å²) in [6.07, 6.45) is 3.56. The lowest BCUT2D eigenvalue weighted by Crippen LogP contribution is -2.27. The van der Waals surface area contributed by atoms with E-state index in [0.29, 0.717) is 19.3 Å². The predicted molar refractivity (Wildman–Crippen MR) is 46.6 cm³/mol. The van der Waals surface area contributed by atoms with Crippen molar-refractivity contribution >= 4 is 10.0 Å². The van der Waals surface area contributed by atoms with Crippen molar-refractivity contribution in [3.8, 4) is 0 Å². The van der Waals surface area contributed by atoms with E-state index in [1.165, 1.54) is 0 Å². The number of primary sulfonamides is 1. The summed E-state index contributed by atoms with van der Waals surface area (Å²) in [5, 5.41) is 4.57. The Bertz CT molecular complexity index is 208. The van der Waals surface area contributed by atoms with Gasteiger partial charge in [0.25, 0.3) is 0 Å². The van der Waals surface area contributed by atoms with Crippen LogP contribution in [0.2, 0.25) is 0 Å². The molecule has 66 valence electrons. The highest BCUT2D eigenvalue weighted by molar-refractivity contribution is 7.89. The molecule has 0 amide bonds. The molecule has 0 aliphatic carbocycles. The van der Waals surface area contributed by atoms with E-state index >= 15 is 0 Å². The third-order valence-electron chi connectivity index (χ3n) is 1.61. The fraction of sp³-hybridized carbons (Fsp3) is 0.714. The van der Waals surface area contributed by atoms with E-state index < -0.39 is 15.3 Å². The molecule has 0 rings (SSSR count). The fourth-order valence-electron chi connectivity index (χ4n) is 0.904. The van der Waals surface area contributed by atoms with Gasteiger partial charge in [-0.1, -0.05) is 13.0 Å². The zero-order valence-corrected chi connectivity index (χ0v) is 7.60. The normalized spacial score (nSPS) is 14.4. The molecule has 0 aromatic heterocycles. The lowest BCUT2D eigenvalue weighted by molar-refractivity contribution is 0.569. The molecule has 0 aromatic rings. The van der Waals surface area contributed by atoms with Crippen molar-refractivity contribution in [2.45, 2.75) is 31.4 Å². The van der Waals surface area contributed by atoms with E-state index in [1.54, 1.807) is 6.08 Å². The van der Waals surface area contributed by atoms with Gasteiger partial charge in [0.05, 0.1) is 5.25 Å². The van der Waals surface area contributed by atoms with Crippen molar-refractivity contribution in [2.75, 3.05) is 0 Å². The minimum atomic E-state index is -3.33. The molecule has 2 N–H and O–H groups in total. The second-order valence-electron chi connectivity index (χ2n) is 2.49. The standard InChI is InChI=1S/C7H15NO2S/c1-3-5-6-7(4-2)11(8,9)10/h3,7H,1,4-6H2,2H3,(H2,8,9,10). The third-order valence-corrected chi connectivity index (χ3v) is 3.11. The summed E-state index contributed by atoms with van der Waals surface area (Å²) in [5.41, 5.74) is 0. The first-order chi connectivity index (χ1) is 5.02. The molecule has 0 bridgehead atoms. The molecule has 0 heterocycles.